The van der Waals surface area contributed by atoms with E-state index in [1.54, 1.807) is 6.82 Å². The SMILES string of the molecule is CB(O)N1CC[C@@H](C(=O)O)C(c2ccccc2)C1. The Hall–Kier alpha value is -1.33. The van der Waals surface area contributed by atoms with Crippen LogP contribution in [0.1, 0.15) is 17.9 Å². The number of rotatable bonds is 3. The van der Waals surface area contributed by atoms with Crippen LogP contribution in [-0.4, -0.2) is 41.1 Å². The Morgan fingerprint density at radius 2 is 2.06 bits per heavy atom. The van der Waals surface area contributed by atoms with Crippen LogP contribution >= 0.6 is 0 Å². The number of carboxylic acid groups (broad SMARTS) is 1. The molecule has 0 aliphatic carbocycles. The summed E-state index contributed by atoms with van der Waals surface area (Å²) in [6.07, 6.45) is 0.583. The molecule has 2 rings (SSSR count). The van der Waals surface area contributed by atoms with E-state index >= 15 is 0 Å². The molecule has 5 heteroatoms. The van der Waals surface area contributed by atoms with Gasteiger partial charge in [-0.1, -0.05) is 30.3 Å². The predicted molar refractivity (Wildman–Crippen MR) is 70.3 cm³/mol. The van der Waals surface area contributed by atoms with Crippen LogP contribution < -0.4 is 0 Å². The van der Waals surface area contributed by atoms with E-state index in [1.165, 1.54) is 0 Å². The lowest BCUT2D eigenvalue weighted by Gasteiger charge is -2.37. The van der Waals surface area contributed by atoms with Gasteiger partial charge >= 0.3 is 13.0 Å². The maximum absolute atomic E-state index is 11.3. The highest BCUT2D eigenvalue weighted by atomic mass is 16.4. The average Bonchev–Trinajstić information content (AvgIpc) is 2.39. The fourth-order valence-corrected chi connectivity index (χ4v) is 2.65. The van der Waals surface area contributed by atoms with Crippen LogP contribution in [0.2, 0.25) is 6.82 Å². The van der Waals surface area contributed by atoms with Crippen LogP contribution in [0.15, 0.2) is 30.3 Å². The van der Waals surface area contributed by atoms with Gasteiger partial charge in [0.05, 0.1) is 5.92 Å². The summed E-state index contributed by atoms with van der Waals surface area (Å²) in [6.45, 7) is 2.96. The van der Waals surface area contributed by atoms with Gasteiger partial charge in [0.15, 0.2) is 0 Å². The number of hydrogen-bond donors (Lipinski definition) is 2. The number of carboxylic acids is 1. The Balaban J connectivity index is 2.23. The monoisotopic (exact) mass is 247 g/mol. The van der Waals surface area contributed by atoms with E-state index in [-0.39, 0.29) is 11.8 Å². The van der Waals surface area contributed by atoms with Crippen LogP contribution in [-0.2, 0) is 4.79 Å². The maximum Gasteiger partial charge on any atom is 0.376 e. The maximum atomic E-state index is 11.3. The molecule has 0 aromatic heterocycles. The summed E-state index contributed by atoms with van der Waals surface area (Å²) >= 11 is 0. The zero-order valence-electron chi connectivity index (χ0n) is 10.5. The molecule has 2 atom stereocenters. The first-order chi connectivity index (χ1) is 8.59. The van der Waals surface area contributed by atoms with Crippen molar-refractivity contribution < 1.29 is 14.9 Å². The molecule has 4 nitrogen and oxygen atoms in total. The van der Waals surface area contributed by atoms with Gasteiger partial charge in [0.2, 0.25) is 0 Å². The van der Waals surface area contributed by atoms with Gasteiger partial charge in [-0.05, 0) is 31.9 Å². The lowest BCUT2D eigenvalue weighted by atomic mass is 9.74. The molecule has 1 unspecified atom stereocenters. The Morgan fingerprint density at radius 1 is 1.39 bits per heavy atom. The summed E-state index contributed by atoms with van der Waals surface area (Å²) in [5, 5.41) is 19.0. The van der Waals surface area contributed by atoms with Gasteiger partial charge in [-0.2, -0.15) is 0 Å². The van der Waals surface area contributed by atoms with Gasteiger partial charge in [0, 0.05) is 5.92 Å². The summed E-state index contributed by atoms with van der Waals surface area (Å²) in [7, 11) is -0.522. The fourth-order valence-electron chi connectivity index (χ4n) is 2.65. The minimum Gasteiger partial charge on any atom is -0.481 e. The second-order valence-corrected chi connectivity index (χ2v) is 4.88. The quantitative estimate of drug-likeness (QED) is 0.790. The van der Waals surface area contributed by atoms with E-state index in [0.717, 1.165) is 5.56 Å². The number of aliphatic carboxylic acids is 1. The summed E-state index contributed by atoms with van der Waals surface area (Å²) in [4.78, 5) is 13.3. The van der Waals surface area contributed by atoms with E-state index < -0.39 is 13.0 Å². The minimum absolute atomic E-state index is 0.0490. The first-order valence-corrected chi connectivity index (χ1v) is 6.29. The second kappa shape index (κ2) is 5.54. The Morgan fingerprint density at radius 3 is 2.61 bits per heavy atom. The predicted octanol–water partition coefficient (Wildman–Crippen LogP) is 1.29. The lowest BCUT2D eigenvalue weighted by molar-refractivity contribution is -0.143. The number of benzene rings is 1. The Kier molecular flexibility index (Phi) is 4.04. The van der Waals surface area contributed by atoms with Crippen molar-refractivity contribution in [3.8, 4) is 0 Å². The molecule has 0 radical (unpaired) electrons. The van der Waals surface area contributed by atoms with Crippen molar-refractivity contribution in [1.82, 2.24) is 4.81 Å². The summed E-state index contributed by atoms with van der Waals surface area (Å²) in [6, 6.07) is 9.71. The zero-order chi connectivity index (χ0) is 13.1. The highest BCUT2D eigenvalue weighted by Crippen LogP contribution is 2.32. The molecule has 1 aromatic rings. The van der Waals surface area contributed by atoms with Gasteiger partial charge in [0.1, 0.15) is 0 Å². The van der Waals surface area contributed by atoms with E-state index in [4.69, 9.17) is 0 Å². The van der Waals surface area contributed by atoms with E-state index in [2.05, 4.69) is 0 Å². The van der Waals surface area contributed by atoms with Crippen molar-refractivity contribution >= 4 is 13.0 Å². The smallest absolute Gasteiger partial charge is 0.376 e. The van der Waals surface area contributed by atoms with Crippen LogP contribution in [0.4, 0.5) is 0 Å². The molecule has 0 saturated carbocycles. The van der Waals surface area contributed by atoms with Crippen LogP contribution in [0.25, 0.3) is 0 Å². The lowest BCUT2D eigenvalue weighted by Crippen LogP contribution is -2.48. The number of hydrogen-bond acceptors (Lipinski definition) is 3. The second-order valence-electron chi connectivity index (χ2n) is 4.88. The highest BCUT2D eigenvalue weighted by molar-refractivity contribution is 6.45. The molecule has 0 bridgehead atoms. The van der Waals surface area contributed by atoms with Crippen molar-refractivity contribution in [2.45, 2.75) is 19.2 Å². The fraction of sp³-hybridized carbons (Fsp3) is 0.462. The van der Waals surface area contributed by atoms with Crippen LogP contribution in [0.5, 0.6) is 0 Å². The average molecular weight is 247 g/mol. The molecular formula is C13H18BNO3. The summed E-state index contributed by atoms with van der Waals surface area (Å²) < 4.78 is 0. The third kappa shape index (κ3) is 2.74. The van der Waals surface area contributed by atoms with Gasteiger partial charge in [-0.3, -0.25) is 4.79 Å². The molecule has 1 fully saturated rings. The first kappa shape index (κ1) is 13.1. The molecular weight excluding hydrogens is 229 g/mol. The molecule has 1 aliphatic heterocycles. The Labute approximate surface area is 107 Å². The number of piperidine rings is 1. The van der Waals surface area contributed by atoms with Crippen LogP contribution in [0.3, 0.4) is 0 Å². The van der Waals surface area contributed by atoms with E-state index in [9.17, 15) is 14.9 Å². The first-order valence-electron chi connectivity index (χ1n) is 6.29. The molecule has 1 aromatic carbocycles. The van der Waals surface area contributed by atoms with Crippen molar-refractivity contribution in [2.75, 3.05) is 13.1 Å². The van der Waals surface area contributed by atoms with Crippen molar-refractivity contribution in [3.05, 3.63) is 35.9 Å². The third-order valence-corrected chi connectivity index (χ3v) is 3.72. The third-order valence-electron chi connectivity index (χ3n) is 3.72. The zero-order valence-corrected chi connectivity index (χ0v) is 10.5. The van der Waals surface area contributed by atoms with Gasteiger partial charge < -0.3 is 14.9 Å². The molecule has 96 valence electrons. The molecule has 1 heterocycles. The van der Waals surface area contributed by atoms with Crippen molar-refractivity contribution in [1.29, 1.82) is 0 Å². The van der Waals surface area contributed by atoms with Gasteiger partial charge in [-0.15, -0.1) is 0 Å². The highest BCUT2D eigenvalue weighted by Gasteiger charge is 2.36. The Bertz CT molecular complexity index is 410. The topological polar surface area (TPSA) is 60.8 Å². The standard InChI is InChI=1S/C13H18BNO3/c1-14(18)15-8-7-11(13(16)17)12(9-15)10-5-3-2-4-6-10/h2-6,11-12,18H,7-9H2,1H3,(H,16,17)/t11-,12?/m1/s1. The van der Waals surface area contributed by atoms with Crippen LogP contribution in [0, 0.1) is 5.92 Å². The molecule has 2 N–H and O–H groups in total. The molecule has 0 amide bonds. The summed E-state index contributed by atoms with van der Waals surface area (Å²) in [5.41, 5.74) is 1.04. The minimum atomic E-state index is -0.742. The molecule has 1 aliphatic rings. The van der Waals surface area contributed by atoms with Crippen molar-refractivity contribution in [2.24, 2.45) is 5.92 Å². The van der Waals surface area contributed by atoms with Gasteiger partial charge in [-0.25, -0.2) is 0 Å². The summed E-state index contributed by atoms with van der Waals surface area (Å²) in [5.74, 6) is -1.15. The molecule has 1 saturated heterocycles. The van der Waals surface area contributed by atoms with E-state index in [0.29, 0.717) is 19.5 Å². The van der Waals surface area contributed by atoms with Gasteiger partial charge in [0.25, 0.3) is 0 Å². The molecule has 0 spiro atoms. The molecule has 18 heavy (non-hydrogen) atoms. The van der Waals surface area contributed by atoms with Crippen molar-refractivity contribution in [3.63, 3.8) is 0 Å². The number of nitrogens with zero attached hydrogens (tertiary/aromatic N) is 1. The normalized spacial score (nSPS) is 24.8. The van der Waals surface area contributed by atoms with E-state index in [1.807, 2.05) is 35.1 Å². The largest absolute Gasteiger partial charge is 0.481 e. The number of carbonyl (C=O) groups is 1.